The van der Waals surface area contributed by atoms with Crippen molar-refractivity contribution in [1.82, 2.24) is 9.47 Å². The van der Waals surface area contributed by atoms with Crippen molar-refractivity contribution in [2.75, 3.05) is 46.6 Å². The summed E-state index contributed by atoms with van der Waals surface area (Å²) in [6.45, 7) is 9.53. The molecule has 3 heterocycles. The van der Waals surface area contributed by atoms with Crippen molar-refractivity contribution in [3.05, 3.63) is 84.5 Å². The van der Waals surface area contributed by atoms with Crippen LogP contribution in [0.5, 0.6) is 17.2 Å². The zero-order valence-corrected chi connectivity index (χ0v) is 26.8. The maximum Gasteiger partial charge on any atom is 0.338 e. The van der Waals surface area contributed by atoms with Crippen LogP contribution in [-0.4, -0.2) is 74.1 Å². The number of benzene rings is 2. The lowest BCUT2D eigenvalue weighted by Gasteiger charge is -2.26. The molecule has 1 amide bonds. The van der Waals surface area contributed by atoms with Gasteiger partial charge in [-0.15, -0.1) is 0 Å². The van der Waals surface area contributed by atoms with Gasteiger partial charge in [0.1, 0.15) is 5.75 Å². The summed E-state index contributed by atoms with van der Waals surface area (Å²) in [4.78, 5) is 46.8. The second-order valence-electron chi connectivity index (χ2n) is 10.7. The molecule has 238 valence electrons. The van der Waals surface area contributed by atoms with Crippen molar-refractivity contribution in [1.29, 1.82) is 0 Å². The Balaban J connectivity index is 1.51. The summed E-state index contributed by atoms with van der Waals surface area (Å²) in [7, 11) is 1.58. The number of fused-ring (bicyclic) bond motifs is 1. The van der Waals surface area contributed by atoms with Crippen molar-refractivity contribution < 1.29 is 33.3 Å². The van der Waals surface area contributed by atoms with Crippen molar-refractivity contribution in [2.45, 2.75) is 39.8 Å². The third kappa shape index (κ3) is 7.12. The lowest BCUT2D eigenvalue weighted by atomic mass is 9.96. The molecule has 5 rings (SSSR count). The van der Waals surface area contributed by atoms with Gasteiger partial charge in [-0.3, -0.25) is 14.2 Å². The van der Waals surface area contributed by atoms with Crippen LogP contribution in [0.3, 0.4) is 0 Å². The first kappa shape index (κ1) is 32.0. The molecule has 2 aliphatic rings. The van der Waals surface area contributed by atoms with Gasteiger partial charge in [0.05, 0.1) is 54.9 Å². The van der Waals surface area contributed by atoms with E-state index in [4.69, 9.17) is 23.7 Å². The van der Waals surface area contributed by atoms with Crippen molar-refractivity contribution in [2.24, 2.45) is 4.99 Å². The second-order valence-corrected chi connectivity index (χ2v) is 11.7. The molecule has 1 saturated heterocycles. The summed E-state index contributed by atoms with van der Waals surface area (Å²) >= 11 is 1.23. The largest absolute Gasteiger partial charge is 0.497 e. The first-order valence-corrected chi connectivity index (χ1v) is 15.6. The number of allylic oxidation sites excluding steroid dienone is 1. The third-order valence-electron chi connectivity index (χ3n) is 7.30. The fraction of sp³-hybridized carbons (Fsp3) is 0.394. The van der Waals surface area contributed by atoms with Crippen LogP contribution in [0.2, 0.25) is 0 Å². The molecule has 3 aromatic rings. The number of nitrogens with zero attached hydrogens (tertiary/aromatic N) is 3. The van der Waals surface area contributed by atoms with Gasteiger partial charge in [-0.2, -0.15) is 0 Å². The number of esters is 1. The van der Waals surface area contributed by atoms with Crippen LogP contribution in [0.15, 0.2) is 63.5 Å². The van der Waals surface area contributed by atoms with E-state index in [9.17, 15) is 14.4 Å². The molecular weight excluding hydrogens is 598 g/mol. The topological polar surface area (TPSA) is 118 Å². The highest BCUT2D eigenvalue weighted by Gasteiger charge is 2.34. The smallest absolute Gasteiger partial charge is 0.338 e. The van der Waals surface area contributed by atoms with E-state index in [1.54, 1.807) is 73.8 Å². The van der Waals surface area contributed by atoms with Crippen LogP contribution < -0.4 is 29.1 Å². The van der Waals surface area contributed by atoms with Crippen LogP contribution in [0, 0.1) is 0 Å². The van der Waals surface area contributed by atoms with Gasteiger partial charge in [-0.1, -0.05) is 29.5 Å². The van der Waals surface area contributed by atoms with E-state index in [0.717, 1.165) is 5.56 Å². The SMILES string of the molecule is CCOc1cc(/C=c2/sc3n(c2=O)[C@H](c2ccc(OC)cc2)C(C(=O)OC(C)C)=C(C)N=3)ccc1OCC(=O)N1CCOCC1. The quantitative estimate of drug-likeness (QED) is 0.312. The van der Waals surface area contributed by atoms with Gasteiger partial charge in [0.2, 0.25) is 0 Å². The number of carbonyl (C=O) groups is 2. The minimum Gasteiger partial charge on any atom is -0.497 e. The van der Waals surface area contributed by atoms with Crippen LogP contribution in [0.4, 0.5) is 0 Å². The predicted octanol–water partition coefficient (Wildman–Crippen LogP) is 2.83. The molecule has 1 atom stereocenters. The lowest BCUT2D eigenvalue weighted by Crippen LogP contribution is -2.43. The summed E-state index contributed by atoms with van der Waals surface area (Å²) in [5.74, 6) is 0.899. The summed E-state index contributed by atoms with van der Waals surface area (Å²) < 4.78 is 29.9. The molecular formula is C33H37N3O8S. The molecule has 45 heavy (non-hydrogen) atoms. The van der Waals surface area contributed by atoms with Crippen LogP contribution in [0.1, 0.15) is 44.9 Å². The molecule has 0 bridgehead atoms. The number of aromatic nitrogens is 1. The molecule has 0 unspecified atom stereocenters. The third-order valence-corrected chi connectivity index (χ3v) is 8.28. The number of hydrogen-bond donors (Lipinski definition) is 0. The van der Waals surface area contributed by atoms with E-state index in [-0.39, 0.29) is 24.2 Å². The zero-order chi connectivity index (χ0) is 32.1. The number of morpholine rings is 1. The van der Waals surface area contributed by atoms with Gasteiger partial charge < -0.3 is 28.6 Å². The normalized spacial score (nSPS) is 16.7. The van der Waals surface area contributed by atoms with Gasteiger partial charge in [0, 0.05) is 13.1 Å². The van der Waals surface area contributed by atoms with Gasteiger partial charge in [0.25, 0.3) is 11.5 Å². The fourth-order valence-corrected chi connectivity index (χ4v) is 6.21. The summed E-state index contributed by atoms with van der Waals surface area (Å²) in [5, 5.41) is 0. The number of ether oxygens (including phenoxy) is 5. The van der Waals surface area contributed by atoms with Crippen molar-refractivity contribution in [3.8, 4) is 17.2 Å². The summed E-state index contributed by atoms with van der Waals surface area (Å²) in [5.41, 5.74) is 1.92. The Kier molecular flexibility index (Phi) is 10.0. The minimum absolute atomic E-state index is 0.121. The number of carbonyl (C=O) groups excluding carboxylic acids is 2. The maximum absolute atomic E-state index is 14.0. The Morgan fingerprint density at radius 1 is 1.09 bits per heavy atom. The molecule has 0 saturated carbocycles. The molecule has 0 radical (unpaired) electrons. The van der Waals surface area contributed by atoms with Crippen LogP contribution >= 0.6 is 11.3 Å². The zero-order valence-electron chi connectivity index (χ0n) is 26.0. The van der Waals surface area contributed by atoms with Crippen molar-refractivity contribution >= 4 is 29.3 Å². The summed E-state index contributed by atoms with van der Waals surface area (Å²) in [6.07, 6.45) is 1.41. The van der Waals surface area contributed by atoms with Gasteiger partial charge in [0.15, 0.2) is 22.9 Å². The first-order chi connectivity index (χ1) is 21.7. The van der Waals surface area contributed by atoms with E-state index < -0.39 is 12.0 Å². The van der Waals surface area contributed by atoms with Crippen molar-refractivity contribution in [3.63, 3.8) is 0 Å². The van der Waals surface area contributed by atoms with E-state index >= 15 is 0 Å². The van der Waals surface area contributed by atoms with E-state index in [1.165, 1.54) is 11.3 Å². The standard InChI is InChI=1S/C33H37N3O8S/c1-6-42-26-17-22(7-12-25(26)43-19-28(37)35-13-15-41-16-14-35)18-27-31(38)36-30(23-8-10-24(40-5)11-9-23)29(32(39)44-20(2)3)21(4)34-33(36)45-27/h7-12,17-18,20,30H,6,13-16,19H2,1-5H3/b27-18+/t30-/m1/s1. The lowest BCUT2D eigenvalue weighted by molar-refractivity contribution is -0.143. The van der Waals surface area contributed by atoms with Gasteiger partial charge >= 0.3 is 5.97 Å². The Bertz CT molecular complexity index is 1770. The number of hydrogen-bond acceptors (Lipinski definition) is 10. The Hall–Kier alpha value is -4.42. The molecule has 2 aromatic carbocycles. The Morgan fingerprint density at radius 2 is 1.82 bits per heavy atom. The molecule has 0 N–H and O–H groups in total. The highest BCUT2D eigenvalue weighted by Crippen LogP contribution is 2.32. The molecule has 0 aliphatic carbocycles. The highest BCUT2D eigenvalue weighted by molar-refractivity contribution is 7.07. The highest BCUT2D eigenvalue weighted by atomic mass is 32.1. The van der Waals surface area contributed by atoms with Crippen LogP contribution in [0.25, 0.3) is 6.08 Å². The number of methoxy groups -OCH3 is 1. The van der Waals surface area contributed by atoms with E-state index in [2.05, 4.69) is 4.99 Å². The number of thiazole rings is 1. The predicted molar refractivity (Wildman–Crippen MR) is 168 cm³/mol. The van der Waals surface area contributed by atoms with Gasteiger partial charge in [-0.05, 0) is 69.2 Å². The molecule has 2 aliphatic heterocycles. The number of amides is 1. The van der Waals surface area contributed by atoms with E-state index in [1.807, 2.05) is 19.1 Å². The first-order valence-electron chi connectivity index (χ1n) is 14.8. The molecule has 0 spiro atoms. The molecule has 1 aromatic heterocycles. The Morgan fingerprint density at radius 3 is 2.49 bits per heavy atom. The Labute approximate surface area is 265 Å². The molecule has 11 nitrogen and oxygen atoms in total. The number of rotatable bonds is 10. The average molecular weight is 636 g/mol. The monoisotopic (exact) mass is 635 g/mol. The minimum atomic E-state index is -0.737. The van der Waals surface area contributed by atoms with E-state index in [0.29, 0.717) is 76.3 Å². The average Bonchev–Trinajstić information content (AvgIpc) is 3.33. The maximum atomic E-state index is 14.0. The van der Waals surface area contributed by atoms with Crippen LogP contribution in [-0.2, 0) is 19.1 Å². The molecule has 12 heteroatoms. The second kappa shape index (κ2) is 14.1. The fourth-order valence-electron chi connectivity index (χ4n) is 5.16. The van der Waals surface area contributed by atoms with Gasteiger partial charge in [-0.25, -0.2) is 9.79 Å². The molecule has 1 fully saturated rings. The summed E-state index contributed by atoms with van der Waals surface area (Å²) in [6, 6.07) is 11.8.